The van der Waals surface area contributed by atoms with E-state index in [-0.39, 0.29) is 6.03 Å². The average molecular weight is 236 g/mol. The monoisotopic (exact) mass is 236 g/mol. The Morgan fingerprint density at radius 3 is 3.18 bits per heavy atom. The Balaban J connectivity index is 1.70. The lowest BCUT2D eigenvalue weighted by molar-refractivity contribution is 0.169. The first kappa shape index (κ1) is 12.0. The van der Waals surface area contributed by atoms with Crippen molar-refractivity contribution >= 4 is 6.03 Å². The van der Waals surface area contributed by atoms with Crippen LogP contribution in [0.4, 0.5) is 4.79 Å². The Labute approximate surface area is 102 Å². The number of carbonyl (C=O) groups is 1. The van der Waals surface area contributed by atoms with Gasteiger partial charge in [-0.2, -0.15) is 5.10 Å². The third-order valence-corrected chi connectivity index (χ3v) is 3.12. The standard InChI is InChI=1S/C12H20N4O/c1-11-4-2-7-15(10-11)12(17)13-6-9-16-8-3-5-14-16/h3,5,8,11H,2,4,6-7,9-10H2,1H3,(H,13,17). The Hall–Kier alpha value is -1.52. The average Bonchev–Trinajstić information content (AvgIpc) is 2.82. The Kier molecular flexibility index (Phi) is 4.01. The highest BCUT2D eigenvalue weighted by Gasteiger charge is 2.20. The molecule has 2 rings (SSSR count). The zero-order valence-corrected chi connectivity index (χ0v) is 10.3. The molecule has 1 saturated heterocycles. The van der Waals surface area contributed by atoms with Crippen LogP contribution in [0, 0.1) is 5.92 Å². The van der Waals surface area contributed by atoms with Crippen molar-refractivity contribution in [3.63, 3.8) is 0 Å². The van der Waals surface area contributed by atoms with Crippen molar-refractivity contribution in [2.45, 2.75) is 26.3 Å². The SMILES string of the molecule is CC1CCCN(C(=O)NCCn2cccn2)C1. The smallest absolute Gasteiger partial charge is 0.317 e. The molecule has 0 spiro atoms. The van der Waals surface area contributed by atoms with Crippen molar-refractivity contribution in [2.75, 3.05) is 19.6 Å². The minimum absolute atomic E-state index is 0.0590. The summed E-state index contributed by atoms with van der Waals surface area (Å²) in [5.74, 6) is 0.626. The summed E-state index contributed by atoms with van der Waals surface area (Å²) >= 11 is 0. The first-order valence-corrected chi connectivity index (χ1v) is 6.26. The molecule has 1 aliphatic heterocycles. The maximum atomic E-state index is 11.9. The third-order valence-electron chi connectivity index (χ3n) is 3.12. The lowest BCUT2D eigenvalue weighted by Gasteiger charge is -2.30. The van der Waals surface area contributed by atoms with Gasteiger partial charge in [-0.05, 0) is 24.8 Å². The van der Waals surface area contributed by atoms with Crippen LogP contribution in [0.1, 0.15) is 19.8 Å². The van der Waals surface area contributed by atoms with E-state index in [0.29, 0.717) is 12.5 Å². The van der Waals surface area contributed by atoms with E-state index >= 15 is 0 Å². The van der Waals surface area contributed by atoms with Gasteiger partial charge >= 0.3 is 6.03 Å². The van der Waals surface area contributed by atoms with Crippen LogP contribution in [0.2, 0.25) is 0 Å². The van der Waals surface area contributed by atoms with Gasteiger partial charge in [0.2, 0.25) is 0 Å². The van der Waals surface area contributed by atoms with Gasteiger partial charge in [0.15, 0.2) is 0 Å². The summed E-state index contributed by atoms with van der Waals surface area (Å²) in [5.41, 5.74) is 0. The lowest BCUT2D eigenvalue weighted by Crippen LogP contribution is -2.45. The molecule has 1 N–H and O–H groups in total. The van der Waals surface area contributed by atoms with E-state index in [1.165, 1.54) is 6.42 Å². The van der Waals surface area contributed by atoms with E-state index in [4.69, 9.17) is 0 Å². The predicted molar refractivity (Wildman–Crippen MR) is 65.6 cm³/mol. The minimum atomic E-state index is 0.0590. The molecule has 1 aromatic rings. The van der Waals surface area contributed by atoms with Gasteiger partial charge in [0.1, 0.15) is 0 Å². The van der Waals surface area contributed by atoms with Crippen LogP contribution in [-0.2, 0) is 6.54 Å². The first-order valence-electron chi connectivity index (χ1n) is 6.26. The quantitative estimate of drug-likeness (QED) is 0.860. The number of hydrogen-bond donors (Lipinski definition) is 1. The maximum Gasteiger partial charge on any atom is 0.317 e. The molecule has 0 radical (unpaired) electrons. The number of aromatic nitrogens is 2. The Morgan fingerprint density at radius 1 is 1.59 bits per heavy atom. The van der Waals surface area contributed by atoms with Crippen molar-refractivity contribution in [2.24, 2.45) is 5.92 Å². The number of nitrogens with one attached hydrogen (secondary N) is 1. The van der Waals surface area contributed by atoms with Crippen LogP contribution < -0.4 is 5.32 Å². The molecule has 5 nitrogen and oxygen atoms in total. The number of rotatable bonds is 3. The van der Waals surface area contributed by atoms with Crippen LogP contribution in [-0.4, -0.2) is 40.3 Å². The highest BCUT2D eigenvalue weighted by molar-refractivity contribution is 5.74. The fourth-order valence-corrected chi connectivity index (χ4v) is 2.20. The van der Waals surface area contributed by atoms with Crippen molar-refractivity contribution < 1.29 is 4.79 Å². The molecule has 1 unspecified atom stereocenters. The van der Waals surface area contributed by atoms with Crippen LogP contribution in [0.5, 0.6) is 0 Å². The topological polar surface area (TPSA) is 50.2 Å². The number of piperidine rings is 1. The van der Waals surface area contributed by atoms with Crippen LogP contribution in [0.15, 0.2) is 18.5 Å². The molecule has 1 atom stereocenters. The number of urea groups is 1. The molecule has 1 fully saturated rings. The van der Waals surface area contributed by atoms with Crippen molar-refractivity contribution in [3.05, 3.63) is 18.5 Å². The van der Waals surface area contributed by atoms with Crippen LogP contribution in [0.25, 0.3) is 0 Å². The summed E-state index contributed by atoms with van der Waals surface area (Å²) in [6.07, 6.45) is 5.99. The van der Waals surface area contributed by atoms with E-state index in [1.807, 2.05) is 21.8 Å². The maximum absolute atomic E-state index is 11.9. The summed E-state index contributed by atoms with van der Waals surface area (Å²) in [5, 5.41) is 7.03. The number of likely N-dealkylation sites (tertiary alicyclic amines) is 1. The third kappa shape index (κ3) is 3.47. The summed E-state index contributed by atoms with van der Waals surface area (Å²) < 4.78 is 1.82. The minimum Gasteiger partial charge on any atom is -0.336 e. The fourth-order valence-electron chi connectivity index (χ4n) is 2.20. The second kappa shape index (κ2) is 5.70. The molecule has 94 valence electrons. The van der Waals surface area contributed by atoms with E-state index in [1.54, 1.807) is 6.20 Å². The molecule has 0 bridgehead atoms. The number of hydrogen-bond acceptors (Lipinski definition) is 2. The summed E-state index contributed by atoms with van der Waals surface area (Å²) in [6.45, 7) is 5.32. The van der Waals surface area contributed by atoms with Gasteiger partial charge in [-0.3, -0.25) is 4.68 Å². The molecule has 17 heavy (non-hydrogen) atoms. The van der Waals surface area contributed by atoms with E-state index in [0.717, 1.165) is 26.1 Å². The normalized spacial score (nSPS) is 20.3. The van der Waals surface area contributed by atoms with Gasteiger partial charge in [0, 0.05) is 32.0 Å². The van der Waals surface area contributed by atoms with Crippen molar-refractivity contribution in [1.82, 2.24) is 20.0 Å². The fraction of sp³-hybridized carbons (Fsp3) is 0.667. The Bertz CT molecular complexity index is 349. The predicted octanol–water partition coefficient (Wildman–Crippen LogP) is 1.32. The highest BCUT2D eigenvalue weighted by Crippen LogP contribution is 2.14. The summed E-state index contributed by atoms with van der Waals surface area (Å²) in [4.78, 5) is 13.8. The summed E-state index contributed by atoms with van der Waals surface area (Å²) in [7, 11) is 0. The molecule has 1 aliphatic rings. The molecule has 2 amide bonds. The Morgan fingerprint density at radius 2 is 2.47 bits per heavy atom. The molecular formula is C12H20N4O. The van der Waals surface area contributed by atoms with Gasteiger partial charge in [0.25, 0.3) is 0 Å². The molecule has 0 saturated carbocycles. The van der Waals surface area contributed by atoms with Crippen molar-refractivity contribution in [3.8, 4) is 0 Å². The first-order chi connectivity index (χ1) is 8.25. The van der Waals surface area contributed by atoms with Gasteiger partial charge in [-0.25, -0.2) is 4.79 Å². The zero-order chi connectivity index (χ0) is 12.1. The van der Waals surface area contributed by atoms with Gasteiger partial charge in [0.05, 0.1) is 6.54 Å². The zero-order valence-electron chi connectivity index (χ0n) is 10.3. The van der Waals surface area contributed by atoms with Crippen molar-refractivity contribution in [1.29, 1.82) is 0 Å². The van der Waals surface area contributed by atoms with Gasteiger partial charge in [-0.15, -0.1) is 0 Å². The largest absolute Gasteiger partial charge is 0.336 e. The summed E-state index contributed by atoms with van der Waals surface area (Å²) in [6, 6.07) is 1.94. The van der Waals surface area contributed by atoms with E-state index in [2.05, 4.69) is 17.3 Å². The lowest BCUT2D eigenvalue weighted by atomic mass is 10.0. The number of carbonyl (C=O) groups excluding carboxylic acids is 1. The molecule has 5 heteroatoms. The van der Waals surface area contributed by atoms with Gasteiger partial charge < -0.3 is 10.2 Å². The number of nitrogens with zero attached hydrogens (tertiary/aromatic N) is 3. The van der Waals surface area contributed by atoms with Crippen LogP contribution >= 0.6 is 0 Å². The molecule has 1 aromatic heterocycles. The molecule has 2 heterocycles. The second-order valence-electron chi connectivity index (χ2n) is 4.69. The number of amides is 2. The highest BCUT2D eigenvalue weighted by atomic mass is 16.2. The van der Waals surface area contributed by atoms with E-state index in [9.17, 15) is 4.79 Å². The van der Waals surface area contributed by atoms with Gasteiger partial charge in [-0.1, -0.05) is 6.92 Å². The second-order valence-corrected chi connectivity index (χ2v) is 4.69. The van der Waals surface area contributed by atoms with Crippen LogP contribution in [0.3, 0.4) is 0 Å². The molecule has 0 aliphatic carbocycles. The molecular weight excluding hydrogens is 216 g/mol. The van der Waals surface area contributed by atoms with E-state index < -0.39 is 0 Å². The molecule has 0 aromatic carbocycles.